The van der Waals surface area contributed by atoms with E-state index in [1.807, 2.05) is 13.8 Å². The predicted molar refractivity (Wildman–Crippen MR) is 120 cm³/mol. The number of carbonyl (C=O) groups excluding carboxylic acids is 2. The number of nitrogen functional groups attached to an aromatic ring is 1. The van der Waals surface area contributed by atoms with Gasteiger partial charge in [0.1, 0.15) is 11.4 Å². The first kappa shape index (κ1) is 26.1. The number of pyridine rings is 1. The summed E-state index contributed by atoms with van der Waals surface area (Å²) < 4.78 is 39.7. The lowest BCUT2D eigenvalue weighted by atomic mass is 9.78. The number of primary amides is 1. The van der Waals surface area contributed by atoms with Crippen molar-refractivity contribution < 1.29 is 22.8 Å². The number of hydrogen-bond donors (Lipinski definition) is 3. The quantitative estimate of drug-likeness (QED) is 0.499. The van der Waals surface area contributed by atoms with E-state index in [1.165, 1.54) is 18.3 Å². The molecule has 0 fully saturated rings. The van der Waals surface area contributed by atoms with Gasteiger partial charge < -0.3 is 16.8 Å². The third kappa shape index (κ3) is 6.22. The van der Waals surface area contributed by atoms with Crippen LogP contribution < -0.4 is 16.8 Å². The van der Waals surface area contributed by atoms with Gasteiger partial charge in [-0.3, -0.25) is 14.5 Å². The monoisotopic (exact) mass is 465 g/mol. The Morgan fingerprint density at radius 1 is 1.12 bits per heavy atom. The fourth-order valence-corrected chi connectivity index (χ4v) is 3.94. The van der Waals surface area contributed by atoms with E-state index in [2.05, 4.69) is 10.3 Å². The summed E-state index contributed by atoms with van der Waals surface area (Å²) in [5, 5.41) is 2.77. The number of alkyl halides is 3. The van der Waals surface area contributed by atoms with E-state index in [1.54, 1.807) is 24.0 Å². The van der Waals surface area contributed by atoms with Crippen LogP contribution in [0.15, 0.2) is 42.6 Å². The molecule has 7 nitrogen and oxygen atoms in total. The molecule has 0 aliphatic rings. The van der Waals surface area contributed by atoms with Gasteiger partial charge in [-0.25, -0.2) is 4.98 Å². The summed E-state index contributed by atoms with van der Waals surface area (Å²) in [4.78, 5) is 31.7. The van der Waals surface area contributed by atoms with Gasteiger partial charge in [-0.2, -0.15) is 13.2 Å². The first-order chi connectivity index (χ1) is 15.4. The number of carbonyl (C=O) groups is 2. The minimum Gasteiger partial charge on any atom is -0.384 e. The normalized spacial score (nSPS) is 14.5. The molecular weight excluding hydrogens is 435 g/mol. The minimum atomic E-state index is -4.53. The highest BCUT2D eigenvalue weighted by molar-refractivity contribution is 5.92. The van der Waals surface area contributed by atoms with Gasteiger partial charge in [-0.15, -0.1) is 0 Å². The summed E-state index contributed by atoms with van der Waals surface area (Å²) in [6.45, 7) is 6.16. The van der Waals surface area contributed by atoms with Crippen molar-refractivity contribution in [1.82, 2.24) is 15.2 Å². The Hall–Kier alpha value is -3.14. The van der Waals surface area contributed by atoms with Crippen molar-refractivity contribution in [3.63, 3.8) is 0 Å². The number of nitrogens with one attached hydrogen (secondary N) is 1. The van der Waals surface area contributed by atoms with Crippen molar-refractivity contribution in [2.45, 2.75) is 45.5 Å². The molecule has 5 N–H and O–H groups in total. The lowest BCUT2D eigenvalue weighted by Crippen LogP contribution is -2.63. The maximum absolute atomic E-state index is 13.3. The Morgan fingerprint density at radius 3 is 2.30 bits per heavy atom. The summed E-state index contributed by atoms with van der Waals surface area (Å²) in [6, 6.07) is 8.03. The number of halogens is 3. The number of amides is 2. The van der Waals surface area contributed by atoms with Gasteiger partial charge in [0, 0.05) is 12.7 Å². The van der Waals surface area contributed by atoms with Crippen LogP contribution in [-0.4, -0.2) is 40.3 Å². The number of benzene rings is 1. The van der Waals surface area contributed by atoms with Gasteiger partial charge in [0.15, 0.2) is 0 Å². The fourth-order valence-electron chi connectivity index (χ4n) is 3.94. The Balaban J connectivity index is 2.43. The van der Waals surface area contributed by atoms with E-state index in [0.29, 0.717) is 24.5 Å². The SMILES string of the molecule is CCN(CC)C(C)(C(N)=O)[C@H](Cc1cccc(C(F)(F)F)c1)C(=O)NCc1ccc(N)nc1. The summed E-state index contributed by atoms with van der Waals surface area (Å²) >= 11 is 0. The molecule has 1 unspecified atom stereocenters. The van der Waals surface area contributed by atoms with E-state index in [0.717, 1.165) is 12.1 Å². The molecule has 2 amide bonds. The number of likely N-dealkylation sites (N-methyl/N-ethyl adjacent to an activating group) is 1. The summed E-state index contributed by atoms with van der Waals surface area (Å²) in [6.07, 6.45) is -3.12. The van der Waals surface area contributed by atoms with Crippen LogP contribution in [0, 0.1) is 5.92 Å². The second kappa shape index (κ2) is 10.7. The van der Waals surface area contributed by atoms with Crippen molar-refractivity contribution in [2.75, 3.05) is 18.8 Å². The zero-order valence-corrected chi connectivity index (χ0v) is 18.9. The van der Waals surface area contributed by atoms with Gasteiger partial charge in [0.05, 0.1) is 11.5 Å². The van der Waals surface area contributed by atoms with E-state index >= 15 is 0 Å². The van der Waals surface area contributed by atoms with Gasteiger partial charge in [-0.05, 0) is 49.7 Å². The van der Waals surface area contributed by atoms with Crippen LogP contribution in [0.25, 0.3) is 0 Å². The molecule has 0 saturated carbocycles. The smallest absolute Gasteiger partial charge is 0.384 e. The highest BCUT2D eigenvalue weighted by Gasteiger charge is 2.47. The molecule has 0 aliphatic carbocycles. The summed E-state index contributed by atoms with van der Waals surface area (Å²) in [7, 11) is 0. The molecule has 33 heavy (non-hydrogen) atoms. The highest BCUT2D eigenvalue weighted by Crippen LogP contribution is 2.32. The molecule has 2 aromatic rings. The first-order valence-corrected chi connectivity index (χ1v) is 10.6. The van der Waals surface area contributed by atoms with Crippen molar-refractivity contribution in [3.05, 3.63) is 59.3 Å². The molecule has 0 saturated heterocycles. The van der Waals surface area contributed by atoms with Gasteiger partial charge >= 0.3 is 6.18 Å². The maximum Gasteiger partial charge on any atom is 0.416 e. The van der Waals surface area contributed by atoms with Crippen LogP contribution in [0.4, 0.5) is 19.0 Å². The maximum atomic E-state index is 13.3. The third-order valence-electron chi connectivity index (χ3n) is 5.92. The standard InChI is InChI=1S/C23H30F3N5O2/c1-4-31(5-2)22(3,21(28)33)18(12-15-7-6-8-17(11-15)23(24,25)26)20(32)30-14-16-9-10-19(27)29-13-16/h6-11,13,18H,4-5,12,14H2,1-3H3,(H2,27,29)(H2,28,33)(H,30,32)/t18-,22?/m1/s1. The van der Waals surface area contributed by atoms with E-state index in [4.69, 9.17) is 11.5 Å². The number of hydrogen-bond acceptors (Lipinski definition) is 5. The molecule has 0 spiro atoms. The molecule has 10 heteroatoms. The van der Waals surface area contributed by atoms with Crippen LogP contribution in [0.1, 0.15) is 37.5 Å². The second-order valence-electron chi connectivity index (χ2n) is 7.95. The molecule has 180 valence electrons. The predicted octanol–water partition coefficient (Wildman–Crippen LogP) is 2.74. The second-order valence-corrected chi connectivity index (χ2v) is 7.95. The minimum absolute atomic E-state index is 0.105. The van der Waals surface area contributed by atoms with Crippen molar-refractivity contribution in [2.24, 2.45) is 11.7 Å². The molecule has 2 atom stereocenters. The van der Waals surface area contributed by atoms with E-state index in [9.17, 15) is 22.8 Å². The molecular formula is C23H30F3N5O2. The van der Waals surface area contributed by atoms with Crippen LogP contribution in [-0.2, 0) is 28.7 Å². The number of nitrogens with zero attached hydrogens (tertiary/aromatic N) is 2. The number of nitrogens with two attached hydrogens (primary N) is 2. The first-order valence-electron chi connectivity index (χ1n) is 10.6. The fraction of sp³-hybridized carbons (Fsp3) is 0.435. The Labute approximate surface area is 191 Å². The average Bonchev–Trinajstić information content (AvgIpc) is 2.77. The Morgan fingerprint density at radius 2 is 1.79 bits per heavy atom. The number of aromatic nitrogens is 1. The third-order valence-corrected chi connectivity index (χ3v) is 5.92. The highest BCUT2D eigenvalue weighted by atomic mass is 19.4. The Kier molecular flexibility index (Phi) is 8.43. The van der Waals surface area contributed by atoms with Gasteiger partial charge in [0.2, 0.25) is 11.8 Å². The topological polar surface area (TPSA) is 114 Å². The lowest BCUT2D eigenvalue weighted by Gasteiger charge is -2.42. The van der Waals surface area contributed by atoms with Crippen LogP contribution in [0.2, 0.25) is 0 Å². The van der Waals surface area contributed by atoms with Crippen molar-refractivity contribution >= 4 is 17.6 Å². The summed E-state index contributed by atoms with van der Waals surface area (Å²) in [5.74, 6) is -1.94. The number of rotatable bonds is 10. The lowest BCUT2D eigenvalue weighted by molar-refractivity contribution is -0.142. The van der Waals surface area contributed by atoms with Crippen molar-refractivity contribution in [1.29, 1.82) is 0 Å². The molecule has 0 aliphatic heterocycles. The van der Waals surface area contributed by atoms with E-state index in [-0.39, 0.29) is 18.5 Å². The van der Waals surface area contributed by atoms with Gasteiger partial charge in [0.25, 0.3) is 0 Å². The largest absolute Gasteiger partial charge is 0.416 e. The summed E-state index contributed by atoms with van der Waals surface area (Å²) in [5.41, 5.74) is 10.1. The molecule has 0 bridgehead atoms. The van der Waals surface area contributed by atoms with Gasteiger partial charge in [-0.1, -0.05) is 38.1 Å². The van der Waals surface area contributed by atoms with Crippen LogP contribution >= 0.6 is 0 Å². The van der Waals surface area contributed by atoms with Crippen molar-refractivity contribution in [3.8, 4) is 0 Å². The molecule has 0 radical (unpaired) electrons. The zero-order chi connectivity index (χ0) is 24.8. The average molecular weight is 466 g/mol. The van der Waals surface area contributed by atoms with E-state index < -0.39 is 35.0 Å². The Bertz CT molecular complexity index is 961. The molecule has 2 rings (SSSR count). The van der Waals surface area contributed by atoms with Crippen LogP contribution in [0.3, 0.4) is 0 Å². The molecule has 1 aromatic carbocycles. The number of anilines is 1. The van der Waals surface area contributed by atoms with Crippen LogP contribution in [0.5, 0.6) is 0 Å². The molecule has 1 heterocycles. The zero-order valence-electron chi connectivity index (χ0n) is 18.9. The molecule has 1 aromatic heterocycles.